The molecule has 0 spiro atoms. The Hall–Kier alpha value is -3.23. The van der Waals surface area contributed by atoms with E-state index in [4.69, 9.17) is 23.2 Å². The summed E-state index contributed by atoms with van der Waals surface area (Å²) < 4.78 is 0. The van der Waals surface area contributed by atoms with Crippen LogP contribution in [0.1, 0.15) is 30.0 Å². The van der Waals surface area contributed by atoms with Gasteiger partial charge in [-0.15, -0.1) is 0 Å². The Kier molecular flexibility index (Phi) is 7.31. The highest BCUT2D eigenvalue weighted by Gasteiger charge is 2.37. The van der Waals surface area contributed by atoms with Gasteiger partial charge >= 0.3 is 12.1 Å². The summed E-state index contributed by atoms with van der Waals surface area (Å²) in [4.78, 5) is 45.3. The maximum absolute atomic E-state index is 13.2. The van der Waals surface area contributed by atoms with Gasteiger partial charge in [-0.2, -0.15) is 0 Å². The molecule has 1 atom stereocenters. The summed E-state index contributed by atoms with van der Waals surface area (Å²) in [5.74, 6) is -0.122. The third-order valence-electron chi connectivity index (χ3n) is 7.29. The van der Waals surface area contributed by atoms with Crippen molar-refractivity contribution < 1.29 is 14.4 Å². The second-order valence-electron chi connectivity index (χ2n) is 9.70. The topological polar surface area (TPSA) is 76.2 Å². The van der Waals surface area contributed by atoms with Crippen molar-refractivity contribution >= 4 is 46.7 Å². The van der Waals surface area contributed by atoms with Crippen molar-refractivity contribution in [1.29, 1.82) is 0 Å². The van der Waals surface area contributed by atoms with Gasteiger partial charge in [-0.3, -0.25) is 9.69 Å². The van der Waals surface area contributed by atoms with E-state index >= 15 is 0 Å². The lowest BCUT2D eigenvalue weighted by Gasteiger charge is -2.38. The van der Waals surface area contributed by atoms with Crippen LogP contribution in [-0.4, -0.2) is 83.4 Å². The molecule has 3 heterocycles. The van der Waals surface area contributed by atoms with Crippen LogP contribution in [0.3, 0.4) is 0 Å². The average Bonchev–Trinajstić information content (AvgIpc) is 3.30. The molecule has 37 heavy (non-hydrogen) atoms. The minimum Gasteiger partial charge on any atom is -0.341 e. The smallest absolute Gasteiger partial charge is 0.324 e. The first-order valence-electron chi connectivity index (χ1n) is 12.4. The minimum absolute atomic E-state index is 0.0237. The molecule has 1 unspecified atom stereocenters. The molecular weight excluding hydrogens is 513 g/mol. The van der Waals surface area contributed by atoms with E-state index in [2.05, 4.69) is 5.32 Å². The van der Waals surface area contributed by atoms with Crippen LogP contribution in [0, 0.1) is 0 Å². The highest BCUT2D eigenvalue weighted by Crippen LogP contribution is 2.33. The van der Waals surface area contributed by atoms with Gasteiger partial charge in [0.25, 0.3) is 0 Å². The number of benzene rings is 2. The maximum atomic E-state index is 13.2. The minimum atomic E-state index is -0.245. The van der Waals surface area contributed by atoms with E-state index in [9.17, 15) is 14.4 Å². The molecule has 2 aromatic rings. The van der Waals surface area contributed by atoms with Crippen LogP contribution in [0.5, 0.6) is 0 Å². The number of nitrogens with zero attached hydrogens (tertiary/aromatic N) is 4. The van der Waals surface area contributed by atoms with Crippen molar-refractivity contribution in [3.05, 3.63) is 75.9 Å². The predicted octanol–water partition coefficient (Wildman–Crippen LogP) is 4.46. The lowest BCUT2D eigenvalue weighted by atomic mass is 10.0. The van der Waals surface area contributed by atoms with Crippen molar-refractivity contribution in [3.63, 3.8) is 0 Å². The Labute approximate surface area is 226 Å². The Morgan fingerprint density at radius 2 is 1.76 bits per heavy atom. The van der Waals surface area contributed by atoms with Gasteiger partial charge in [0.15, 0.2) is 0 Å². The van der Waals surface area contributed by atoms with Gasteiger partial charge in [-0.05, 0) is 30.0 Å². The molecule has 0 saturated carbocycles. The van der Waals surface area contributed by atoms with E-state index in [-0.39, 0.29) is 36.6 Å². The summed E-state index contributed by atoms with van der Waals surface area (Å²) in [7, 11) is 1.69. The molecule has 0 radical (unpaired) electrons. The van der Waals surface area contributed by atoms with Crippen LogP contribution >= 0.6 is 23.2 Å². The van der Waals surface area contributed by atoms with E-state index in [0.29, 0.717) is 49.1 Å². The Bertz CT molecular complexity index is 1230. The summed E-state index contributed by atoms with van der Waals surface area (Å²) in [6.45, 7) is 2.01. The summed E-state index contributed by atoms with van der Waals surface area (Å²) in [5, 5.41) is 3.93. The number of hydrogen-bond acceptors (Lipinski definition) is 3. The van der Waals surface area contributed by atoms with Gasteiger partial charge in [0, 0.05) is 51.0 Å². The number of likely N-dealkylation sites (tertiary alicyclic amines) is 1. The SMILES string of the molecule is CN1CC(c2cccc(Cl)c2Cl)=CN(CC(=O)N2CCC(N3CC(c4ccccc4)NC3=O)CC2)C1=O. The molecule has 5 amide bonds. The fraction of sp³-hybridized carbons (Fsp3) is 0.370. The highest BCUT2D eigenvalue weighted by atomic mass is 35.5. The van der Waals surface area contributed by atoms with Crippen LogP contribution in [-0.2, 0) is 4.79 Å². The zero-order valence-corrected chi connectivity index (χ0v) is 22.1. The zero-order valence-electron chi connectivity index (χ0n) is 20.6. The standard InChI is InChI=1S/C27H29Cl2N5O3/c1-31-14-19(21-8-5-9-22(28)25(21)29)15-33(27(31)37)17-24(35)32-12-10-20(11-13-32)34-16-23(30-26(34)36)18-6-3-2-4-7-18/h2-9,15,20,23H,10-14,16-17H2,1H3,(H,30,36). The number of carbonyl (C=O) groups excluding carboxylic acids is 3. The number of halogens is 2. The van der Waals surface area contributed by atoms with Gasteiger partial charge in [-0.1, -0.05) is 65.7 Å². The molecular formula is C27H29Cl2N5O3. The Morgan fingerprint density at radius 3 is 2.49 bits per heavy atom. The largest absolute Gasteiger partial charge is 0.341 e. The van der Waals surface area contributed by atoms with Gasteiger partial charge in [0.1, 0.15) is 6.54 Å². The molecule has 2 saturated heterocycles. The van der Waals surface area contributed by atoms with Crippen molar-refractivity contribution in [2.45, 2.75) is 24.9 Å². The first-order chi connectivity index (χ1) is 17.8. The molecule has 5 rings (SSSR count). The Morgan fingerprint density at radius 1 is 1.03 bits per heavy atom. The molecule has 1 N–H and O–H groups in total. The fourth-order valence-electron chi connectivity index (χ4n) is 5.27. The summed E-state index contributed by atoms with van der Waals surface area (Å²) in [5.41, 5.74) is 2.65. The number of rotatable bonds is 5. The van der Waals surface area contributed by atoms with Gasteiger partial charge in [0.2, 0.25) is 5.91 Å². The predicted molar refractivity (Wildman–Crippen MR) is 143 cm³/mol. The van der Waals surface area contributed by atoms with E-state index in [1.165, 1.54) is 4.90 Å². The van der Waals surface area contributed by atoms with E-state index in [1.807, 2.05) is 47.4 Å². The van der Waals surface area contributed by atoms with E-state index in [1.54, 1.807) is 29.1 Å². The number of amides is 5. The number of piperidine rings is 1. The number of carbonyl (C=O) groups is 3. The molecule has 0 bridgehead atoms. The van der Waals surface area contributed by atoms with Crippen molar-refractivity contribution in [2.75, 3.05) is 39.8 Å². The van der Waals surface area contributed by atoms with Crippen LogP contribution in [0.4, 0.5) is 9.59 Å². The first kappa shape index (κ1) is 25.4. The molecule has 2 fully saturated rings. The molecule has 0 aromatic heterocycles. The van der Waals surface area contributed by atoms with Crippen LogP contribution < -0.4 is 5.32 Å². The number of urea groups is 2. The molecule has 2 aromatic carbocycles. The Balaban J connectivity index is 1.20. The zero-order chi connectivity index (χ0) is 26.1. The third-order valence-corrected chi connectivity index (χ3v) is 8.11. The fourth-order valence-corrected chi connectivity index (χ4v) is 5.69. The second-order valence-corrected chi connectivity index (χ2v) is 10.5. The summed E-state index contributed by atoms with van der Waals surface area (Å²) >= 11 is 12.6. The lowest BCUT2D eigenvalue weighted by molar-refractivity contribution is -0.132. The van der Waals surface area contributed by atoms with Gasteiger partial charge in [-0.25, -0.2) is 9.59 Å². The monoisotopic (exact) mass is 541 g/mol. The number of hydrogen-bond donors (Lipinski definition) is 1. The number of nitrogens with one attached hydrogen (secondary N) is 1. The normalized spacial score (nSPS) is 20.8. The first-order valence-corrected chi connectivity index (χ1v) is 13.1. The van der Waals surface area contributed by atoms with E-state index < -0.39 is 0 Å². The average molecular weight is 542 g/mol. The van der Waals surface area contributed by atoms with Crippen LogP contribution in [0.15, 0.2) is 54.7 Å². The maximum Gasteiger partial charge on any atom is 0.324 e. The van der Waals surface area contributed by atoms with E-state index in [0.717, 1.165) is 16.7 Å². The second kappa shape index (κ2) is 10.6. The van der Waals surface area contributed by atoms with Crippen molar-refractivity contribution in [2.24, 2.45) is 0 Å². The van der Waals surface area contributed by atoms with Gasteiger partial charge in [0.05, 0.1) is 16.1 Å². The molecule has 10 heteroatoms. The highest BCUT2D eigenvalue weighted by molar-refractivity contribution is 6.43. The van der Waals surface area contributed by atoms with Crippen LogP contribution in [0.25, 0.3) is 5.57 Å². The third kappa shape index (κ3) is 5.26. The van der Waals surface area contributed by atoms with Crippen molar-refractivity contribution in [1.82, 2.24) is 24.9 Å². The quantitative estimate of drug-likeness (QED) is 0.607. The molecule has 0 aliphatic carbocycles. The molecule has 3 aliphatic rings. The summed E-state index contributed by atoms with van der Waals surface area (Å²) in [6, 6.07) is 15.1. The summed E-state index contributed by atoms with van der Waals surface area (Å²) in [6.07, 6.45) is 3.10. The molecule has 3 aliphatic heterocycles. The number of likely N-dealkylation sites (N-methyl/N-ethyl adjacent to an activating group) is 1. The lowest BCUT2D eigenvalue weighted by Crippen LogP contribution is -2.51. The van der Waals surface area contributed by atoms with Gasteiger partial charge < -0.3 is 20.0 Å². The molecule has 194 valence electrons. The van der Waals surface area contributed by atoms with Crippen LogP contribution in [0.2, 0.25) is 10.0 Å². The van der Waals surface area contributed by atoms with Crippen molar-refractivity contribution in [3.8, 4) is 0 Å². The molecule has 8 nitrogen and oxygen atoms in total.